The second kappa shape index (κ2) is 8.79. The van der Waals surface area contributed by atoms with Crippen molar-refractivity contribution in [1.82, 2.24) is 0 Å². The Morgan fingerprint density at radius 1 is 1.13 bits per heavy atom. The maximum absolute atomic E-state index is 13.2. The molecule has 0 heterocycles. The van der Waals surface area contributed by atoms with Gasteiger partial charge in [0.15, 0.2) is 0 Å². The van der Waals surface area contributed by atoms with Gasteiger partial charge in [-0.05, 0) is 55.9 Å². The number of carbonyl (C=O) groups excluding carboxylic acids is 3. The number of ether oxygens (including phenoxy) is 3. The van der Waals surface area contributed by atoms with Gasteiger partial charge in [-0.1, -0.05) is 54.4 Å². The number of hydrogen-bond acceptors (Lipinski definition) is 6. The Kier molecular flexibility index (Phi) is 7.08. The van der Waals surface area contributed by atoms with Crippen molar-refractivity contribution >= 4 is 61.3 Å². The fraction of sp³-hybridized carbons (Fsp3) is 0.850. The van der Waals surface area contributed by atoms with Crippen LogP contribution >= 0.6 is 34.8 Å². The van der Waals surface area contributed by atoms with Gasteiger partial charge in [-0.2, -0.15) is 0 Å². The highest BCUT2D eigenvalue weighted by Crippen LogP contribution is 2.60. The standard InChI is InChI=1S/C20H28Cl3O6Si/c1-30(2,3)5-4-27-18(26)16(20(21,22)23)29-17(25)15-14-7-12-6-13(8-14)10-19(15,9-12)28-11-24/h12-16H,4-10H2,1-3H3. The molecule has 0 amide bonds. The molecule has 4 aliphatic carbocycles. The molecule has 4 unspecified atom stereocenters. The van der Waals surface area contributed by atoms with Crippen molar-refractivity contribution in [2.24, 2.45) is 23.7 Å². The SMILES string of the molecule is C[Si](C)(C)CCOC(=O)C(OC(=O)C1C2CC3CC(C2)CC1(O[C]=O)C3)C(Cl)(Cl)Cl. The van der Waals surface area contributed by atoms with Gasteiger partial charge in [0.25, 0.3) is 0 Å². The van der Waals surface area contributed by atoms with Crippen LogP contribution in [0.1, 0.15) is 32.1 Å². The summed E-state index contributed by atoms with van der Waals surface area (Å²) in [6.45, 7) is 8.13. The Balaban J connectivity index is 1.73. The first-order valence-electron chi connectivity index (χ1n) is 10.3. The van der Waals surface area contributed by atoms with E-state index in [0.717, 1.165) is 25.3 Å². The molecule has 4 aliphatic rings. The quantitative estimate of drug-likeness (QED) is 0.213. The van der Waals surface area contributed by atoms with Crippen LogP contribution in [-0.4, -0.2) is 48.6 Å². The van der Waals surface area contributed by atoms with E-state index in [1.165, 1.54) is 6.47 Å². The Labute approximate surface area is 193 Å². The summed E-state index contributed by atoms with van der Waals surface area (Å²) in [7, 11) is -1.44. The fourth-order valence-corrected chi connectivity index (χ4v) is 6.69. The zero-order valence-corrected chi connectivity index (χ0v) is 20.7. The molecule has 10 heteroatoms. The van der Waals surface area contributed by atoms with E-state index in [4.69, 9.17) is 49.0 Å². The van der Waals surface area contributed by atoms with Crippen molar-refractivity contribution < 1.29 is 28.6 Å². The highest BCUT2D eigenvalue weighted by molar-refractivity contribution is 6.76. The van der Waals surface area contributed by atoms with Crippen LogP contribution in [0.25, 0.3) is 0 Å². The lowest BCUT2D eigenvalue weighted by Crippen LogP contribution is -2.61. The molecule has 0 aromatic carbocycles. The molecule has 4 atom stereocenters. The van der Waals surface area contributed by atoms with E-state index in [9.17, 15) is 14.4 Å². The first-order chi connectivity index (χ1) is 13.8. The first-order valence-corrected chi connectivity index (χ1v) is 15.2. The summed E-state index contributed by atoms with van der Waals surface area (Å²) in [6.07, 6.45) is 2.30. The van der Waals surface area contributed by atoms with Crippen LogP contribution in [0.4, 0.5) is 0 Å². The minimum Gasteiger partial charge on any atom is -0.463 e. The minimum absolute atomic E-state index is 0.0102. The van der Waals surface area contributed by atoms with Crippen molar-refractivity contribution in [3.05, 3.63) is 0 Å². The maximum Gasteiger partial charge on any atom is 0.418 e. The van der Waals surface area contributed by atoms with Gasteiger partial charge in [0.05, 0.1) is 12.5 Å². The summed E-state index contributed by atoms with van der Waals surface area (Å²) in [5.41, 5.74) is -0.951. The van der Waals surface area contributed by atoms with E-state index < -0.39 is 41.4 Å². The van der Waals surface area contributed by atoms with Crippen LogP contribution in [0.5, 0.6) is 0 Å². The molecule has 30 heavy (non-hydrogen) atoms. The number of carbonyl (C=O) groups is 2. The normalized spacial score (nSPS) is 33.7. The van der Waals surface area contributed by atoms with Crippen LogP contribution in [0.2, 0.25) is 25.7 Å². The molecule has 169 valence electrons. The number of alkyl halides is 3. The molecule has 4 rings (SSSR count). The molecule has 0 aromatic rings. The molecule has 0 aliphatic heterocycles. The molecule has 0 saturated heterocycles. The van der Waals surface area contributed by atoms with Gasteiger partial charge in [-0.25, -0.2) is 9.59 Å². The lowest BCUT2D eigenvalue weighted by atomic mass is 9.49. The number of hydrogen-bond donors (Lipinski definition) is 0. The predicted octanol–water partition coefficient (Wildman–Crippen LogP) is 4.43. The summed E-state index contributed by atoms with van der Waals surface area (Å²) >= 11 is 17.9. The lowest BCUT2D eigenvalue weighted by molar-refractivity contribution is -0.200. The molecular weight excluding hydrogens is 471 g/mol. The van der Waals surface area contributed by atoms with Crippen LogP contribution in [0.3, 0.4) is 0 Å². The third-order valence-corrected chi connectivity index (χ3v) is 8.88. The predicted molar refractivity (Wildman–Crippen MR) is 116 cm³/mol. The van der Waals surface area contributed by atoms with E-state index in [0.29, 0.717) is 24.7 Å². The van der Waals surface area contributed by atoms with Crippen molar-refractivity contribution in [1.29, 1.82) is 0 Å². The Hall–Kier alpha value is -0.503. The molecule has 1 radical (unpaired) electrons. The number of esters is 2. The van der Waals surface area contributed by atoms with Crippen LogP contribution < -0.4 is 0 Å². The molecule has 4 bridgehead atoms. The topological polar surface area (TPSA) is 78.9 Å². The van der Waals surface area contributed by atoms with Gasteiger partial charge in [0.1, 0.15) is 5.60 Å². The van der Waals surface area contributed by atoms with Gasteiger partial charge < -0.3 is 14.2 Å². The average molecular weight is 499 g/mol. The van der Waals surface area contributed by atoms with Crippen molar-refractivity contribution in [3.63, 3.8) is 0 Å². The van der Waals surface area contributed by atoms with E-state index in [1.807, 2.05) is 0 Å². The Bertz CT molecular complexity index is 675. The summed E-state index contributed by atoms with van der Waals surface area (Å²) < 4.78 is 13.9. The fourth-order valence-electron chi connectivity index (χ4n) is 5.57. The summed E-state index contributed by atoms with van der Waals surface area (Å²) in [6, 6.07) is 0.735. The highest BCUT2D eigenvalue weighted by Gasteiger charge is 2.62. The Morgan fingerprint density at radius 2 is 1.73 bits per heavy atom. The number of halogens is 3. The zero-order chi connectivity index (χ0) is 22.3. The largest absolute Gasteiger partial charge is 0.463 e. The Morgan fingerprint density at radius 3 is 2.23 bits per heavy atom. The maximum atomic E-state index is 13.2. The van der Waals surface area contributed by atoms with Crippen LogP contribution in [0, 0.1) is 23.7 Å². The van der Waals surface area contributed by atoms with Gasteiger partial charge in [-0.15, -0.1) is 0 Å². The van der Waals surface area contributed by atoms with Gasteiger partial charge in [0, 0.05) is 8.07 Å². The van der Waals surface area contributed by atoms with Gasteiger partial charge in [0.2, 0.25) is 9.90 Å². The lowest BCUT2D eigenvalue weighted by Gasteiger charge is -2.58. The first kappa shape index (κ1) is 24.1. The van der Waals surface area contributed by atoms with Crippen LogP contribution in [0.15, 0.2) is 0 Å². The molecule has 4 fully saturated rings. The van der Waals surface area contributed by atoms with Gasteiger partial charge >= 0.3 is 18.4 Å². The molecule has 6 nitrogen and oxygen atoms in total. The summed E-state index contributed by atoms with van der Waals surface area (Å²) in [4.78, 5) is 36.9. The molecule has 0 spiro atoms. The zero-order valence-electron chi connectivity index (χ0n) is 17.4. The molecule has 0 N–H and O–H groups in total. The van der Waals surface area contributed by atoms with E-state index in [2.05, 4.69) is 19.6 Å². The smallest absolute Gasteiger partial charge is 0.418 e. The van der Waals surface area contributed by atoms with Crippen molar-refractivity contribution in [2.75, 3.05) is 6.61 Å². The van der Waals surface area contributed by atoms with Crippen molar-refractivity contribution in [3.8, 4) is 0 Å². The third kappa shape index (κ3) is 5.27. The molecule has 4 saturated carbocycles. The third-order valence-electron chi connectivity index (χ3n) is 6.59. The summed E-state index contributed by atoms with van der Waals surface area (Å²) in [5, 5.41) is 0. The summed E-state index contributed by atoms with van der Waals surface area (Å²) in [5.74, 6) is -1.44. The minimum atomic E-state index is -2.18. The second-order valence-corrected chi connectivity index (χ2v) is 18.2. The van der Waals surface area contributed by atoms with E-state index in [1.54, 1.807) is 0 Å². The molecule has 0 aromatic heterocycles. The van der Waals surface area contributed by atoms with E-state index >= 15 is 0 Å². The van der Waals surface area contributed by atoms with E-state index in [-0.39, 0.29) is 12.5 Å². The monoisotopic (exact) mass is 497 g/mol. The highest BCUT2D eigenvalue weighted by atomic mass is 35.6. The average Bonchev–Trinajstić information content (AvgIpc) is 2.56. The van der Waals surface area contributed by atoms with Crippen molar-refractivity contribution in [2.45, 2.75) is 73.3 Å². The van der Waals surface area contributed by atoms with Crippen LogP contribution in [-0.2, 0) is 28.6 Å². The number of rotatable bonds is 8. The second-order valence-electron chi connectivity index (χ2n) is 10.2. The van der Waals surface area contributed by atoms with Gasteiger partial charge in [-0.3, -0.25) is 4.79 Å². The molecular formula is C20H28Cl3O6Si.